The third-order valence-corrected chi connectivity index (χ3v) is 2.98. The van der Waals surface area contributed by atoms with Crippen LogP contribution in [0.3, 0.4) is 0 Å². The van der Waals surface area contributed by atoms with E-state index in [1.165, 1.54) is 0 Å². The first-order valence-corrected chi connectivity index (χ1v) is 5.71. The summed E-state index contributed by atoms with van der Waals surface area (Å²) in [5.41, 5.74) is 5.79. The van der Waals surface area contributed by atoms with Crippen LogP contribution in [0.4, 0.5) is 5.82 Å². The molecule has 88 valence electrons. The molecular weight excluding hydrogens is 216 g/mol. The van der Waals surface area contributed by atoms with Crippen molar-refractivity contribution in [2.24, 2.45) is 0 Å². The highest BCUT2D eigenvalue weighted by atomic mass is 16.5. The van der Waals surface area contributed by atoms with Crippen molar-refractivity contribution in [1.29, 1.82) is 0 Å². The summed E-state index contributed by atoms with van der Waals surface area (Å²) in [6.07, 6.45) is 3.00. The van der Waals surface area contributed by atoms with Crippen molar-refractivity contribution in [3.05, 3.63) is 24.4 Å². The van der Waals surface area contributed by atoms with E-state index in [2.05, 4.69) is 15.5 Å². The van der Waals surface area contributed by atoms with Crippen molar-refractivity contribution in [3.8, 4) is 5.75 Å². The molecule has 5 nitrogen and oxygen atoms in total. The van der Waals surface area contributed by atoms with E-state index in [1.807, 2.05) is 18.2 Å². The monoisotopic (exact) mass is 230 g/mol. The van der Waals surface area contributed by atoms with Crippen molar-refractivity contribution in [3.63, 3.8) is 0 Å². The Morgan fingerprint density at radius 1 is 1.41 bits per heavy atom. The molecule has 0 saturated carbocycles. The van der Waals surface area contributed by atoms with Gasteiger partial charge in [-0.25, -0.2) is 0 Å². The summed E-state index contributed by atoms with van der Waals surface area (Å²) in [5, 5.41) is 12.8. The first kappa shape index (κ1) is 10.3. The molecule has 1 aliphatic heterocycles. The molecule has 3 rings (SSSR count). The lowest BCUT2D eigenvalue weighted by Gasteiger charge is -2.13. The van der Waals surface area contributed by atoms with E-state index < -0.39 is 0 Å². The number of fused-ring (bicyclic) bond motifs is 1. The molecule has 5 heteroatoms. The van der Waals surface area contributed by atoms with Crippen LogP contribution in [0, 0.1) is 0 Å². The maximum absolute atomic E-state index is 5.87. The third kappa shape index (κ3) is 2.01. The average Bonchev–Trinajstić information content (AvgIpc) is 2.83. The molecule has 1 atom stereocenters. The highest BCUT2D eigenvalue weighted by Crippen LogP contribution is 2.24. The topological polar surface area (TPSA) is 73.1 Å². The van der Waals surface area contributed by atoms with Crippen molar-refractivity contribution < 1.29 is 4.74 Å². The normalized spacial score (nSPS) is 19.6. The van der Waals surface area contributed by atoms with Crippen molar-refractivity contribution in [1.82, 2.24) is 15.5 Å². The van der Waals surface area contributed by atoms with Gasteiger partial charge in [0.05, 0.1) is 6.20 Å². The predicted octanol–water partition coefficient (Wildman–Crippen LogP) is 0.953. The number of hydrogen-bond donors (Lipinski definition) is 2. The molecule has 0 radical (unpaired) electrons. The van der Waals surface area contributed by atoms with Gasteiger partial charge >= 0.3 is 0 Å². The lowest BCUT2D eigenvalue weighted by molar-refractivity contribution is 0.223. The molecule has 0 unspecified atom stereocenters. The second-order valence-electron chi connectivity index (χ2n) is 4.21. The summed E-state index contributed by atoms with van der Waals surface area (Å²) >= 11 is 0. The van der Waals surface area contributed by atoms with Gasteiger partial charge in [0.15, 0.2) is 5.82 Å². The lowest BCUT2D eigenvalue weighted by Crippen LogP contribution is -2.19. The van der Waals surface area contributed by atoms with Crippen LogP contribution in [0.2, 0.25) is 0 Å². The summed E-state index contributed by atoms with van der Waals surface area (Å²) in [5.74, 6) is 1.28. The number of nitrogens with two attached hydrogens (primary N) is 1. The minimum atomic E-state index is 0.253. The van der Waals surface area contributed by atoms with Crippen LogP contribution in [0.25, 0.3) is 10.8 Å². The fourth-order valence-electron chi connectivity index (χ4n) is 2.07. The Morgan fingerprint density at radius 2 is 2.35 bits per heavy atom. The highest BCUT2D eigenvalue weighted by molar-refractivity contribution is 5.90. The fraction of sp³-hybridized carbons (Fsp3) is 0.333. The Kier molecular flexibility index (Phi) is 2.53. The van der Waals surface area contributed by atoms with Crippen LogP contribution in [-0.4, -0.2) is 29.4 Å². The zero-order chi connectivity index (χ0) is 11.7. The van der Waals surface area contributed by atoms with Crippen LogP contribution in [0.5, 0.6) is 5.75 Å². The van der Waals surface area contributed by atoms with Gasteiger partial charge in [0.1, 0.15) is 11.9 Å². The number of ether oxygens (including phenoxy) is 1. The molecule has 0 spiro atoms. The number of hydrogen-bond acceptors (Lipinski definition) is 5. The number of rotatable bonds is 2. The molecular formula is C12H14N4O. The smallest absolute Gasteiger partial charge is 0.154 e. The maximum atomic E-state index is 5.87. The first-order valence-electron chi connectivity index (χ1n) is 5.71. The molecule has 1 aliphatic rings. The van der Waals surface area contributed by atoms with Crippen molar-refractivity contribution in [2.45, 2.75) is 12.5 Å². The molecule has 17 heavy (non-hydrogen) atoms. The molecule has 1 aromatic carbocycles. The molecule has 2 heterocycles. The summed E-state index contributed by atoms with van der Waals surface area (Å²) in [7, 11) is 0. The predicted molar refractivity (Wildman–Crippen MR) is 65.9 cm³/mol. The van der Waals surface area contributed by atoms with Gasteiger partial charge in [-0.05, 0) is 31.2 Å². The second kappa shape index (κ2) is 4.18. The Balaban J connectivity index is 1.92. The van der Waals surface area contributed by atoms with Crippen molar-refractivity contribution in [2.75, 3.05) is 18.8 Å². The van der Waals surface area contributed by atoms with E-state index in [0.29, 0.717) is 5.82 Å². The van der Waals surface area contributed by atoms with Gasteiger partial charge in [0.2, 0.25) is 0 Å². The van der Waals surface area contributed by atoms with Gasteiger partial charge in [0.25, 0.3) is 0 Å². The minimum Gasteiger partial charge on any atom is -0.489 e. The van der Waals surface area contributed by atoms with Gasteiger partial charge < -0.3 is 15.8 Å². The zero-order valence-electron chi connectivity index (χ0n) is 9.39. The molecule has 0 amide bonds. The van der Waals surface area contributed by atoms with Crippen LogP contribution in [-0.2, 0) is 0 Å². The third-order valence-electron chi connectivity index (χ3n) is 2.98. The fourth-order valence-corrected chi connectivity index (χ4v) is 2.07. The standard InChI is InChI=1S/C12H14N4O/c13-12-11-5-9(17-10-3-4-14-7-10)2-1-8(11)6-15-16-12/h1-2,5-6,10,14H,3-4,7H2,(H2,13,16)/t10-/m0/s1. The van der Waals surface area contributed by atoms with Crippen LogP contribution < -0.4 is 15.8 Å². The van der Waals surface area contributed by atoms with E-state index in [1.54, 1.807) is 6.20 Å². The minimum absolute atomic E-state index is 0.253. The quantitative estimate of drug-likeness (QED) is 0.803. The van der Waals surface area contributed by atoms with E-state index in [9.17, 15) is 0 Å². The van der Waals surface area contributed by atoms with Crippen LogP contribution >= 0.6 is 0 Å². The first-order chi connectivity index (χ1) is 8.33. The van der Waals surface area contributed by atoms with E-state index in [-0.39, 0.29) is 6.10 Å². The molecule has 0 bridgehead atoms. The number of benzene rings is 1. The molecule has 3 N–H and O–H groups in total. The largest absolute Gasteiger partial charge is 0.489 e. The van der Waals surface area contributed by atoms with Crippen LogP contribution in [0.15, 0.2) is 24.4 Å². The number of anilines is 1. The molecule has 2 aromatic rings. The molecule has 1 fully saturated rings. The number of nitrogens with one attached hydrogen (secondary N) is 1. The maximum Gasteiger partial charge on any atom is 0.154 e. The van der Waals surface area contributed by atoms with E-state index >= 15 is 0 Å². The average molecular weight is 230 g/mol. The zero-order valence-corrected chi connectivity index (χ0v) is 9.39. The number of nitrogens with zero attached hydrogens (tertiary/aromatic N) is 2. The Morgan fingerprint density at radius 3 is 3.18 bits per heavy atom. The number of nitrogen functional groups attached to an aromatic ring is 1. The second-order valence-corrected chi connectivity index (χ2v) is 4.21. The van der Waals surface area contributed by atoms with Gasteiger partial charge in [-0.15, -0.1) is 5.10 Å². The van der Waals surface area contributed by atoms with Crippen LogP contribution in [0.1, 0.15) is 6.42 Å². The van der Waals surface area contributed by atoms with Gasteiger partial charge in [-0.1, -0.05) is 0 Å². The Bertz CT molecular complexity index is 537. The van der Waals surface area contributed by atoms with E-state index in [0.717, 1.165) is 36.0 Å². The summed E-state index contributed by atoms with van der Waals surface area (Å²) in [4.78, 5) is 0. The lowest BCUT2D eigenvalue weighted by atomic mass is 10.2. The summed E-state index contributed by atoms with van der Waals surface area (Å²) in [6.45, 7) is 1.92. The van der Waals surface area contributed by atoms with Gasteiger partial charge in [-0.3, -0.25) is 0 Å². The van der Waals surface area contributed by atoms with Gasteiger partial charge in [0, 0.05) is 17.3 Å². The summed E-state index contributed by atoms with van der Waals surface area (Å²) in [6, 6.07) is 5.83. The van der Waals surface area contributed by atoms with Crippen molar-refractivity contribution >= 4 is 16.6 Å². The van der Waals surface area contributed by atoms with Gasteiger partial charge in [-0.2, -0.15) is 5.10 Å². The Labute approximate surface area is 99.0 Å². The SMILES string of the molecule is Nc1nncc2ccc(O[C@H]3CCNC3)cc12. The summed E-state index contributed by atoms with van der Waals surface area (Å²) < 4.78 is 5.87. The Hall–Kier alpha value is -1.88. The highest BCUT2D eigenvalue weighted by Gasteiger charge is 2.16. The van der Waals surface area contributed by atoms with E-state index in [4.69, 9.17) is 10.5 Å². The number of aromatic nitrogens is 2. The molecule has 0 aliphatic carbocycles. The molecule has 1 saturated heterocycles. The molecule has 1 aromatic heterocycles.